The molecule has 43 heavy (non-hydrogen) atoms. The SMILES string of the molecule is CC(C)=Cc1ccc(N(c2ccccc2)c2ccccc2)cc1.CO.CO.COc1ccccc1.COc1ccccc1. The number of aliphatic hydroxyl groups is 2. The number of rotatable bonds is 6. The maximum Gasteiger partial charge on any atom is 0.118 e. The van der Waals surface area contributed by atoms with E-state index in [9.17, 15) is 0 Å². The highest BCUT2D eigenvalue weighted by Gasteiger charge is 2.11. The molecule has 0 aliphatic heterocycles. The molecule has 0 aromatic heterocycles. The van der Waals surface area contributed by atoms with E-state index in [2.05, 4.69) is 97.6 Å². The zero-order chi connectivity index (χ0) is 31.7. The molecule has 5 aromatic rings. The molecule has 5 nitrogen and oxygen atoms in total. The van der Waals surface area contributed by atoms with Crippen molar-refractivity contribution in [2.75, 3.05) is 33.3 Å². The van der Waals surface area contributed by atoms with Crippen LogP contribution < -0.4 is 14.4 Å². The Morgan fingerprint density at radius 2 is 0.767 bits per heavy atom. The van der Waals surface area contributed by atoms with Gasteiger partial charge in [0.05, 0.1) is 14.2 Å². The van der Waals surface area contributed by atoms with Crippen LogP contribution in [0.4, 0.5) is 17.1 Å². The van der Waals surface area contributed by atoms with Crippen LogP contribution >= 0.6 is 0 Å². The maximum atomic E-state index is 7.00. The normalized spacial score (nSPS) is 8.93. The average Bonchev–Trinajstić information content (AvgIpc) is 3.09. The van der Waals surface area contributed by atoms with Gasteiger partial charge < -0.3 is 24.6 Å². The number of hydrogen-bond donors (Lipinski definition) is 2. The summed E-state index contributed by atoms with van der Waals surface area (Å²) in [4.78, 5) is 2.27. The summed E-state index contributed by atoms with van der Waals surface area (Å²) in [6.07, 6.45) is 2.19. The van der Waals surface area contributed by atoms with Crippen LogP contribution in [0.5, 0.6) is 11.5 Å². The Morgan fingerprint density at radius 1 is 0.465 bits per heavy atom. The Balaban J connectivity index is 0.000000378. The molecule has 2 N–H and O–H groups in total. The van der Waals surface area contributed by atoms with Gasteiger partial charge in [-0.3, -0.25) is 0 Å². The van der Waals surface area contributed by atoms with E-state index < -0.39 is 0 Å². The van der Waals surface area contributed by atoms with E-state index in [1.165, 1.54) is 11.1 Å². The Hall–Kier alpha value is -4.84. The van der Waals surface area contributed by atoms with Gasteiger partial charge in [-0.05, 0) is 80.1 Å². The van der Waals surface area contributed by atoms with Gasteiger partial charge in [-0.15, -0.1) is 0 Å². The molecule has 0 unspecified atom stereocenters. The predicted molar refractivity (Wildman–Crippen MR) is 183 cm³/mol. The van der Waals surface area contributed by atoms with Gasteiger partial charge in [-0.1, -0.05) is 96.6 Å². The molecule has 0 saturated carbocycles. The van der Waals surface area contributed by atoms with Gasteiger partial charge in [-0.25, -0.2) is 0 Å². The lowest BCUT2D eigenvalue weighted by atomic mass is 10.1. The highest BCUT2D eigenvalue weighted by atomic mass is 16.5. The molecule has 5 aromatic carbocycles. The van der Waals surface area contributed by atoms with Crippen molar-refractivity contribution in [3.63, 3.8) is 0 Å². The van der Waals surface area contributed by atoms with Crippen molar-refractivity contribution in [3.8, 4) is 11.5 Å². The minimum Gasteiger partial charge on any atom is -0.497 e. The van der Waals surface area contributed by atoms with Crippen molar-refractivity contribution >= 4 is 23.1 Å². The number of allylic oxidation sites excluding steroid dienone is 1. The van der Waals surface area contributed by atoms with Crippen molar-refractivity contribution in [2.45, 2.75) is 13.8 Å². The third kappa shape index (κ3) is 14.1. The second-order valence-electron chi connectivity index (χ2n) is 8.85. The summed E-state index contributed by atoms with van der Waals surface area (Å²) >= 11 is 0. The molecule has 5 rings (SSSR count). The summed E-state index contributed by atoms with van der Waals surface area (Å²) in [6.45, 7) is 4.24. The van der Waals surface area contributed by atoms with Gasteiger partial charge >= 0.3 is 0 Å². The highest BCUT2D eigenvalue weighted by molar-refractivity contribution is 5.76. The molecule has 0 bridgehead atoms. The predicted octanol–water partition coefficient (Wildman–Crippen LogP) is 9.19. The van der Waals surface area contributed by atoms with Gasteiger partial charge in [0.1, 0.15) is 11.5 Å². The molecular weight excluding hydrogens is 534 g/mol. The van der Waals surface area contributed by atoms with E-state index in [0.717, 1.165) is 42.8 Å². The summed E-state index contributed by atoms with van der Waals surface area (Å²) in [5.41, 5.74) is 6.02. The number of anilines is 3. The van der Waals surface area contributed by atoms with Crippen LogP contribution in [0.25, 0.3) is 6.08 Å². The fourth-order valence-electron chi connectivity index (χ4n) is 3.77. The molecule has 0 aliphatic rings. The number of hydrogen-bond acceptors (Lipinski definition) is 5. The second kappa shape index (κ2) is 22.8. The van der Waals surface area contributed by atoms with Gasteiger partial charge in [0.25, 0.3) is 0 Å². The standard InChI is InChI=1S/C22H21N.2C7H8O.2CH4O/c1-18(2)17-19-13-15-22(16-14-19)23(20-9-5-3-6-10-20)21-11-7-4-8-12-21;2*1-8-7-5-3-2-4-6-7;2*1-2/h3-17H,1-2H3;2*2-6H,1H3;2*2H,1H3. The molecule has 0 spiro atoms. The van der Waals surface area contributed by atoms with Crippen molar-refractivity contribution < 1.29 is 19.7 Å². The lowest BCUT2D eigenvalue weighted by Gasteiger charge is -2.25. The number of benzene rings is 5. The summed E-state index contributed by atoms with van der Waals surface area (Å²) in [5, 5.41) is 14.0. The quantitative estimate of drug-likeness (QED) is 0.210. The number of aliphatic hydroxyl groups excluding tert-OH is 2. The molecular formula is C38H45NO4. The third-order valence-corrected chi connectivity index (χ3v) is 5.59. The Bertz CT molecular complexity index is 1280. The third-order valence-electron chi connectivity index (χ3n) is 5.59. The first-order valence-electron chi connectivity index (χ1n) is 13.8. The summed E-state index contributed by atoms with van der Waals surface area (Å²) < 4.78 is 9.83. The Labute approximate surface area is 257 Å². The maximum absolute atomic E-state index is 7.00. The fourth-order valence-corrected chi connectivity index (χ4v) is 3.77. The van der Waals surface area contributed by atoms with E-state index >= 15 is 0 Å². The molecule has 0 saturated heterocycles. The van der Waals surface area contributed by atoms with Crippen LogP contribution in [0, 0.1) is 0 Å². The van der Waals surface area contributed by atoms with Crippen LogP contribution in [-0.2, 0) is 0 Å². The fraction of sp³-hybridized carbons (Fsp3) is 0.158. The molecule has 5 heteroatoms. The van der Waals surface area contributed by atoms with Crippen LogP contribution in [0.3, 0.4) is 0 Å². The second-order valence-corrected chi connectivity index (χ2v) is 8.85. The minimum absolute atomic E-state index is 0.910. The average molecular weight is 580 g/mol. The van der Waals surface area contributed by atoms with Gasteiger partial charge in [-0.2, -0.15) is 0 Å². The minimum atomic E-state index is 0.910. The first-order chi connectivity index (χ1) is 21.1. The Kier molecular flexibility index (Phi) is 19.2. The molecule has 0 atom stereocenters. The summed E-state index contributed by atoms with van der Waals surface area (Å²) in [5.74, 6) is 1.82. The highest BCUT2D eigenvalue weighted by Crippen LogP contribution is 2.34. The lowest BCUT2D eigenvalue weighted by molar-refractivity contribution is 0.399. The number of nitrogens with zero attached hydrogens (tertiary/aromatic N) is 1. The van der Waals surface area contributed by atoms with E-state index in [1.54, 1.807) is 14.2 Å². The van der Waals surface area contributed by atoms with Gasteiger partial charge in [0, 0.05) is 31.3 Å². The molecule has 0 aliphatic carbocycles. The van der Waals surface area contributed by atoms with Crippen molar-refractivity contribution in [1.29, 1.82) is 0 Å². The van der Waals surface area contributed by atoms with Crippen LogP contribution in [0.15, 0.2) is 151 Å². The van der Waals surface area contributed by atoms with Crippen molar-refractivity contribution in [3.05, 3.63) is 157 Å². The molecule has 0 amide bonds. The van der Waals surface area contributed by atoms with Crippen molar-refractivity contribution in [2.24, 2.45) is 0 Å². The number of methoxy groups -OCH3 is 2. The van der Waals surface area contributed by atoms with E-state index in [0.29, 0.717) is 0 Å². The van der Waals surface area contributed by atoms with E-state index in [-0.39, 0.29) is 0 Å². The first-order valence-corrected chi connectivity index (χ1v) is 13.8. The summed E-state index contributed by atoms with van der Waals surface area (Å²) in [7, 11) is 5.32. The molecule has 226 valence electrons. The van der Waals surface area contributed by atoms with E-state index in [4.69, 9.17) is 19.7 Å². The molecule has 0 heterocycles. The number of para-hydroxylation sites is 4. The molecule has 0 fully saturated rings. The number of ether oxygens (including phenoxy) is 2. The zero-order valence-electron chi connectivity index (χ0n) is 26.1. The van der Waals surface area contributed by atoms with Crippen LogP contribution in [-0.4, -0.2) is 38.7 Å². The summed E-state index contributed by atoms with van der Waals surface area (Å²) in [6, 6.07) is 49.0. The smallest absolute Gasteiger partial charge is 0.118 e. The van der Waals surface area contributed by atoms with Crippen LogP contribution in [0.2, 0.25) is 0 Å². The van der Waals surface area contributed by atoms with Gasteiger partial charge in [0.2, 0.25) is 0 Å². The van der Waals surface area contributed by atoms with Crippen LogP contribution in [0.1, 0.15) is 19.4 Å². The zero-order valence-corrected chi connectivity index (χ0v) is 26.1. The lowest BCUT2D eigenvalue weighted by Crippen LogP contribution is -2.09. The Morgan fingerprint density at radius 3 is 1.05 bits per heavy atom. The van der Waals surface area contributed by atoms with Gasteiger partial charge in [0.15, 0.2) is 0 Å². The molecule has 0 radical (unpaired) electrons. The largest absolute Gasteiger partial charge is 0.497 e. The topological polar surface area (TPSA) is 62.2 Å². The monoisotopic (exact) mass is 579 g/mol. The van der Waals surface area contributed by atoms with E-state index in [1.807, 2.05) is 72.8 Å². The van der Waals surface area contributed by atoms with Crippen molar-refractivity contribution in [1.82, 2.24) is 0 Å². The first kappa shape index (κ1) is 36.2.